The Kier molecular flexibility index (Phi) is 8.89. The van der Waals surface area contributed by atoms with Crippen LogP contribution in [0.5, 0.6) is 0 Å². The molecule has 5 heteroatoms. The summed E-state index contributed by atoms with van der Waals surface area (Å²) in [4.78, 5) is 11.8. The molecule has 108 valence electrons. The summed E-state index contributed by atoms with van der Waals surface area (Å²) in [6.45, 7) is 3.68. The number of hydrogen-bond acceptors (Lipinski definition) is 3. The monoisotopic (exact) mass is 302 g/mol. The van der Waals surface area contributed by atoms with Gasteiger partial charge in [0.1, 0.15) is 0 Å². The molecule has 3 nitrogen and oxygen atoms in total. The number of halogens is 1. The number of hydrogen-bond donors (Lipinski definition) is 2. The van der Waals surface area contributed by atoms with Gasteiger partial charge in [0.15, 0.2) is 0 Å². The molecule has 0 aliphatic rings. The standard InChI is InChI=1S/C14H22N2OS.ClH/c1-10(11(2)15)14(17)16-13-6-4-12(5-7-13)8-9-18-3;/h4-7,10-11H,8-9,15H2,1-3H3,(H,16,17);1H. The first-order chi connectivity index (χ1) is 8.54. The molecule has 1 amide bonds. The highest BCUT2D eigenvalue weighted by molar-refractivity contribution is 7.98. The third-order valence-electron chi connectivity index (χ3n) is 3.02. The first-order valence-electron chi connectivity index (χ1n) is 6.19. The number of anilines is 1. The molecule has 0 saturated heterocycles. The summed E-state index contributed by atoms with van der Waals surface area (Å²) in [6, 6.07) is 7.87. The molecule has 1 rings (SSSR count). The van der Waals surface area contributed by atoms with Gasteiger partial charge >= 0.3 is 0 Å². The van der Waals surface area contributed by atoms with Crippen molar-refractivity contribution in [2.24, 2.45) is 11.7 Å². The third kappa shape index (κ3) is 6.32. The summed E-state index contributed by atoms with van der Waals surface area (Å²) in [5.41, 5.74) is 7.83. The van der Waals surface area contributed by atoms with Crippen molar-refractivity contribution in [2.45, 2.75) is 26.3 Å². The van der Waals surface area contributed by atoms with E-state index in [1.165, 1.54) is 5.56 Å². The van der Waals surface area contributed by atoms with E-state index in [1.807, 2.05) is 37.7 Å². The number of aryl methyl sites for hydroxylation is 1. The van der Waals surface area contributed by atoms with E-state index >= 15 is 0 Å². The molecule has 0 saturated carbocycles. The van der Waals surface area contributed by atoms with Gasteiger partial charge in [-0.05, 0) is 43.0 Å². The maximum atomic E-state index is 11.8. The van der Waals surface area contributed by atoms with E-state index in [-0.39, 0.29) is 30.3 Å². The normalized spacial score (nSPS) is 13.3. The van der Waals surface area contributed by atoms with Crippen LogP contribution in [0.2, 0.25) is 0 Å². The Balaban J connectivity index is 0.00000324. The van der Waals surface area contributed by atoms with Gasteiger partial charge in [-0.2, -0.15) is 11.8 Å². The summed E-state index contributed by atoms with van der Waals surface area (Å²) in [5, 5.41) is 2.88. The van der Waals surface area contributed by atoms with Crippen LogP contribution in [-0.2, 0) is 11.2 Å². The second kappa shape index (κ2) is 9.23. The van der Waals surface area contributed by atoms with Crippen LogP contribution in [0.15, 0.2) is 24.3 Å². The molecule has 0 spiro atoms. The van der Waals surface area contributed by atoms with Gasteiger partial charge in [-0.15, -0.1) is 12.4 Å². The number of rotatable bonds is 6. The maximum Gasteiger partial charge on any atom is 0.228 e. The molecule has 0 heterocycles. The molecule has 1 aromatic carbocycles. The highest BCUT2D eigenvalue weighted by atomic mass is 35.5. The Morgan fingerprint density at radius 3 is 2.37 bits per heavy atom. The van der Waals surface area contributed by atoms with Crippen molar-refractivity contribution in [3.63, 3.8) is 0 Å². The molecule has 0 aromatic heterocycles. The van der Waals surface area contributed by atoms with Crippen molar-refractivity contribution >= 4 is 35.8 Å². The van der Waals surface area contributed by atoms with Gasteiger partial charge in [0, 0.05) is 11.7 Å². The highest BCUT2D eigenvalue weighted by Crippen LogP contribution is 2.13. The van der Waals surface area contributed by atoms with Crippen LogP contribution in [0, 0.1) is 5.92 Å². The minimum Gasteiger partial charge on any atom is -0.327 e. The molecule has 0 aliphatic heterocycles. The minimum absolute atomic E-state index is 0. The van der Waals surface area contributed by atoms with E-state index in [0.717, 1.165) is 17.9 Å². The van der Waals surface area contributed by atoms with Crippen LogP contribution >= 0.6 is 24.2 Å². The van der Waals surface area contributed by atoms with Crippen LogP contribution in [0.4, 0.5) is 5.69 Å². The lowest BCUT2D eigenvalue weighted by Crippen LogP contribution is -2.34. The van der Waals surface area contributed by atoms with E-state index in [9.17, 15) is 4.79 Å². The molecular formula is C14H23ClN2OS. The molecule has 0 fully saturated rings. The van der Waals surface area contributed by atoms with Crippen molar-refractivity contribution in [3.8, 4) is 0 Å². The zero-order valence-corrected chi connectivity index (χ0v) is 13.3. The molecule has 0 bridgehead atoms. The Labute approximate surface area is 126 Å². The molecule has 2 atom stereocenters. The second-order valence-electron chi connectivity index (χ2n) is 4.58. The first-order valence-corrected chi connectivity index (χ1v) is 7.58. The third-order valence-corrected chi connectivity index (χ3v) is 3.63. The zero-order chi connectivity index (χ0) is 13.5. The molecular weight excluding hydrogens is 280 g/mol. The number of nitrogens with two attached hydrogens (primary N) is 1. The molecule has 19 heavy (non-hydrogen) atoms. The number of amides is 1. The van der Waals surface area contributed by atoms with Crippen LogP contribution < -0.4 is 11.1 Å². The van der Waals surface area contributed by atoms with Crippen LogP contribution in [0.25, 0.3) is 0 Å². The largest absolute Gasteiger partial charge is 0.327 e. The molecule has 0 aliphatic carbocycles. The predicted octanol–water partition coefficient (Wildman–Crippen LogP) is 2.94. The first kappa shape index (κ1) is 18.3. The summed E-state index contributed by atoms with van der Waals surface area (Å²) in [5.74, 6) is 0.913. The van der Waals surface area contributed by atoms with Gasteiger partial charge in [0.05, 0.1) is 5.92 Å². The molecule has 3 N–H and O–H groups in total. The quantitative estimate of drug-likeness (QED) is 0.849. The van der Waals surface area contributed by atoms with Crippen LogP contribution in [0.3, 0.4) is 0 Å². The Morgan fingerprint density at radius 1 is 1.32 bits per heavy atom. The lowest BCUT2D eigenvalue weighted by Gasteiger charge is -2.15. The highest BCUT2D eigenvalue weighted by Gasteiger charge is 2.16. The molecule has 1 aromatic rings. The summed E-state index contributed by atoms with van der Waals surface area (Å²) >= 11 is 1.83. The number of nitrogens with one attached hydrogen (secondary N) is 1. The van der Waals surface area contributed by atoms with Gasteiger partial charge in [0.2, 0.25) is 5.91 Å². The summed E-state index contributed by atoms with van der Waals surface area (Å²) in [7, 11) is 0. The van der Waals surface area contributed by atoms with E-state index in [1.54, 1.807) is 0 Å². The van der Waals surface area contributed by atoms with E-state index < -0.39 is 0 Å². The summed E-state index contributed by atoms with van der Waals surface area (Å²) < 4.78 is 0. The van der Waals surface area contributed by atoms with Gasteiger partial charge in [0.25, 0.3) is 0 Å². The number of carbonyl (C=O) groups is 1. The van der Waals surface area contributed by atoms with Gasteiger partial charge in [-0.1, -0.05) is 19.1 Å². The average Bonchev–Trinajstić information content (AvgIpc) is 2.36. The van der Waals surface area contributed by atoms with Crippen LogP contribution in [-0.4, -0.2) is 24.0 Å². The Morgan fingerprint density at radius 2 is 1.89 bits per heavy atom. The number of benzene rings is 1. The topological polar surface area (TPSA) is 55.1 Å². The lowest BCUT2D eigenvalue weighted by molar-refractivity contribution is -0.119. The average molecular weight is 303 g/mol. The van der Waals surface area contributed by atoms with Gasteiger partial charge < -0.3 is 11.1 Å². The van der Waals surface area contributed by atoms with Gasteiger partial charge in [-0.25, -0.2) is 0 Å². The van der Waals surface area contributed by atoms with Crippen molar-refractivity contribution in [1.82, 2.24) is 0 Å². The van der Waals surface area contributed by atoms with Crippen molar-refractivity contribution < 1.29 is 4.79 Å². The van der Waals surface area contributed by atoms with E-state index in [4.69, 9.17) is 5.73 Å². The van der Waals surface area contributed by atoms with E-state index in [2.05, 4.69) is 23.7 Å². The molecule has 0 radical (unpaired) electrons. The number of carbonyl (C=O) groups excluding carboxylic acids is 1. The smallest absolute Gasteiger partial charge is 0.228 e. The van der Waals surface area contributed by atoms with E-state index in [0.29, 0.717) is 0 Å². The van der Waals surface area contributed by atoms with Crippen LogP contribution in [0.1, 0.15) is 19.4 Å². The predicted molar refractivity (Wildman–Crippen MR) is 87.2 cm³/mol. The van der Waals surface area contributed by atoms with Crippen molar-refractivity contribution in [1.29, 1.82) is 0 Å². The SMILES string of the molecule is CSCCc1ccc(NC(=O)C(C)C(C)N)cc1.Cl. The number of thioether (sulfide) groups is 1. The van der Waals surface area contributed by atoms with Crippen molar-refractivity contribution in [3.05, 3.63) is 29.8 Å². The zero-order valence-electron chi connectivity index (χ0n) is 11.7. The fraction of sp³-hybridized carbons (Fsp3) is 0.500. The second-order valence-corrected chi connectivity index (χ2v) is 5.56. The summed E-state index contributed by atoms with van der Waals surface area (Å²) in [6.07, 6.45) is 3.16. The lowest BCUT2D eigenvalue weighted by atomic mass is 10.0. The van der Waals surface area contributed by atoms with Crippen molar-refractivity contribution in [2.75, 3.05) is 17.3 Å². The maximum absolute atomic E-state index is 11.8. The molecule has 2 unspecified atom stereocenters. The minimum atomic E-state index is -0.179. The Bertz CT molecular complexity index is 382. The fourth-order valence-electron chi connectivity index (χ4n) is 1.47. The Hall–Kier alpha value is -0.710. The fourth-order valence-corrected chi connectivity index (χ4v) is 1.91. The van der Waals surface area contributed by atoms with Gasteiger partial charge in [-0.3, -0.25) is 4.79 Å².